The van der Waals surface area contributed by atoms with E-state index in [9.17, 15) is 0 Å². The molecule has 254 valence electrons. The third-order valence-electron chi connectivity index (χ3n) is 10.6. The molecule has 0 N–H and O–H groups in total. The lowest BCUT2D eigenvalue weighted by Crippen LogP contribution is -2.11. The summed E-state index contributed by atoms with van der Waals surface area (Å²) in [6.45, 7) is 0. The van der Waals surface area contributed by atoms with Crippen molar-refractivity contribution in [2.24, 2.45) is 0 Å². The largest absolute Gasteiger partial charge is 0.309 e. The number of aromatic nitrogens is 1. The summed E-state index contributed by atoms with van der Waals surface area (Å²) in [6, 6.07) is 78.9. The maximum absolute atomic E-state index is 2.51. The molecule has 0 aliphatic rings. The van der Waals surface area contributed by atoms with E-state index in [2.05, 4.69) is 228 Å². The van der Waals surface area contributed by atoms with E-state index >= 15 is 0 Å². The molecule has 10 rings (SSSR count). The quantitative estimate of drug-likeness (QED) is 0.162. The lowest BCUT2D eigenvalue weighted by molar-refractivity contribution is 1.18. The van der Waals surface area contributed by atoms with Gasteiger partial charge in [-0.3, -0.25) is 0 Å². The van der Waals surface area contributed by atoms with Gasteiger partial charge in [-0.1, -0.05) is 182 Å². The van der Waals surface area contributed by atoms with Crippen LogP contribution in [-0.4, -0.2) is 4.57 Å². The number of hydrogen-bond donors (Lipinski definition) is 0. The minimum Gasteiger partial charge on any atom is -0.309 e. The molecule has 0 atom stereocenters. The molecule has 0 spiro atoms. The van der Waals surface area contributed by atoms with Crippen LogP contribution in [0.2, 0.25) is 0 Å². The predicted molar refractivity (Wildman–Crippen MR) is 229 cm³/mol. The molecular weight excluding hydrogens is 653 g/mol. The average Bonchev–Trinajstić information content (AvgIpc) is 3.59. The second kappa shape index (κ2) is 13.4. The number of benzene rings is 9. The third kappa shape index (κ3) is 5.27. The van der Waals surface area contributed by atoms with Crippen LogP contribution >= 0.6 is 0 Å². The fraction of sp³-hybridized carbons (Fsp3) is 0. The molecule has 2 heteroatoms. The Kier molecular flexibility index (Phi) is 7.85. The standard InChI is InChI=1S/C52H36N2/c1-4-19-38(20-5-1)42-28-12-14-33-47(42)53(40-25-8-3-9-26-40)49-35-18-36-50-51(49)46-29-13-15-34-48(46)54(50)52-43(39-21-6-2-7-22-39)30-17-32-45(52)44-31-16-24-37-23-10-11-27-41(37)44/h1-36H. The van der Waals surface area contributed by atoms with E-state index in [1.807, 2.05) is 0 Å². The lowest BCUT2D eigenvalue weighted by Gasteiger charge is -2.28. The molecule has 0 bridgehead atoms. The zero-order valence-corrected chi connectivity index (χ0v) is 29.7. The monoisotopic (exact) mass is 688 g/mol. The Labute approximate surface area is 315 Å². The molecule has 0 saturated carbocycles. The molecule has 0 saturated heterocycles. The van der Waals surface area contributed by atoms with Crippen molar-refractivity contribution in [3.8, 4) is 39.1 Å². The Hall–Kier alpha value is -7.16. The molecule has 0 amide bonds. The molecule has 9 aromatic carbocycles. The van der Waals surface area contributed by atoms with Gasteiger partial charge in [0.15, 0.2) is 0 Å². The minimum atomic E-state index is 1.10. The first-order valence-electron chi connectivity index (χ1n) is 18.5. The van der Waals surface area contributed by atoms with Gasteiger partial charge < -0.3 is 9.47 Å². The van der Waals surface area contributed by atoms with Crippen molar-refractivity contribution in [2.75, 3.05) is 4.90 Å². The molecule has 0 fully saturated rings. The van der Waals surface area contributed by atoms with Gasteiger partial charge in [-0.05, 0) is 63.9 Å². The number of para-hydroxylation sites is 4. The summed E-state index contributed by atoms with van der Waals surface area (Å²) in [6.07, 6.45) is 0. The molecule has 0 aliphatic heterocycles. The van der Waals surface area contributed by atoms with E-state index in [0.29, 0.717) is 0 Å². The smallest absolute Gasteiger partial charge is 0.0619 e. The summed E-state index contributed by atoms with van der Waals surface area (Å²) in [5.74, 6) is 0. The highest BCUT2D eigenvalue weighted by Gasteiger charge is 2.25. The minimum absolute atomic E-state index is 1.10. The molecule has 10 aromatic rings. The third-order valence-corrected chi connectivity index (χ3v) is 10.6. The lowest BCUT2D eigenvalue weighted by atomic mass is 9.92. The molecule has 2 nitrogen and oxygen atoms in total. The van der Waals surface area contributed by atoms with Crippen molar-refractivity contribution >= 4 is 49.6 Å². The van der Waals surface area contributed by atoms with Gasteiger partial charge in [-0.25, -0.2) is 0 Å². The van der Waals surface area contributed by atoms with Crippen LogP contribution in [-0.2, 0) is 0 Å². The van der Waals surface area contributed by atoms with Crippen molar-refractivity contribution in [2.45, 2.75) is 0 Å². The van der Waals surface area contributed by atoms with Crippen LogP contribution in [0.15, 0.2) is 218 Å². The molecule has 0 unspecified atom stereocenters. The van der Waals surface area contributed by atoms with Crippen LogP contribution in [0.25, 0.3) is 71.6 Å². The summed E-state index contributed by atoms with van der Waals surface area (Å²) in [7, 11) is 0. The summed E-state index contributed by atoms with van der Waals surface area (Å²) >= 11 is 0. The van der Waals surface area contributed by atoms with Crippen molar-refractivity contribution in [3.05, 3.63) is 218 Å². The summed E-state index contributed by atoms with van der Waals surface area (Å²) in [5, 5.41) is 4.87. The highest BCUT2D eigenvalue weighted by Crippen LogP contribution is 2.48. The number of fused-ring (bicyclic) bond motifs is 4. The molecule has 0 radical (unpaired) electrons. The Bertz CT molecular complexity index is 2920. The Balaban J connectivity index is 1.33. The van der Waals surface area contributed by atoms with Crippen LogP contribution in [0.1, 0.15) is 0 Å². The number of nitrogens with zero attached hydrogens (tertiary/aromatic N) is 2. The first kappa shape index (κ1) is 31.6. The molecular formula is C52H36N2. The van der Waals surface area contributed by atoms with Gasteiger partial charge >= 0.3 is 0 Å². The van der Waals surface area contributed by atoms with E-state index < -0.39 is 0 Å². The average molecular weight is 689 g/mol. The second-order valence-electron chi connectivity index (χ2n) is 13.7. The normalized spacial score (nSPS) is 11.3. The number of rotatable bonds is 7. The predicted octanol–water partition coefficient (Wildman–Crippen LogP) is 14.4. The number of hydrogen-bond acceptors (Lipinski definition) is 1. The van der Waals surface area contributed by atoms with Crippen LogP contribution in [0.5, 0.6) is 0 Å². The molecule has 54 heavy (non-hydrogen) atoms. The maximum Gasteiger partial charge on any atom is 0.0619 e. The SMILES string of the molecule is c1ccc(-c2ccccc2N(c2ccccc2)c2cccc3c2c2ccccc2n3-c2c(-c3ccccc3)cccc2-c2cccc3ccccc23)cc1. The van der Waals surface area contributed by atoms with E-state index in [-0.39, 0.29) is 0 Å². The van der Waals surface area contributed by atoms with E-state index in [4.69, 9.17) is 0 Å². The Morgan fingerprint density at radius 2 is 0.815 bits per heavy atom. The van der Waals surface area contributed by atoms with Gasteiger partial charge in [0, 0.05) is 33.2 Å². The Morgan fingerprint density at radius 3 is 1.61 bits per heavy atom. The van der Waals surface area contributed by atoms with Crippen molar-refractivity contribution in [1.29, 1.82) is 0 Å². The highest BCUT2D eigenvalue weighted by atomic mass is 15.2. The van der Waals surface area contributed by atoms with E-state index in [1.165, 1.54) is 60.6 Å². The van der Waals surface area contributed by atoms with Gasteiger partial charge in [-0.2, -0.15) is 0 Å². The maximum atomic E-state index is 2.51. The van der Waals surface area contributed by atoms with Crippen LogP contribution in [0, 0.1) is 0 Å². The van der Waals surface area contributed by atoms with E-state index in [0.717, 1.165) is 28.1 Å². The fourth-order valence-electron chi connectivity index (χ4n) is 8.26. The first-order valence-corrected chi connectivity index (χ1v) is 18.5. The molecule has 0 aliphatic carbocycles. The second-order valence-corrected chi connectivity index (χ2v) is 13.7. The van der Waals surface area contributed by atoms with Crippen molar-refractivity contribution in [1.82, 2.24) is 4.57 Å². The zero-order valence-electron chi connectivity index (χ0n) is 29.7. The van der Waals surface area contributed by atoms with Gasteiger partial charge in [0.05, 0.1) is 28.1 Å². The van der Waals surface area contributed by atoms with Crippen LogP contribution in [0.4, 0.5) is 17.1 Å². The van der Waals surface area contributed by atoms with Gasteiger partial charge in [0.25, 0.3) is 0 Å². The molecule has 1 aromatic heterocycles. The summed E-state index contributed by atoms with van der Waals surface area (Å²) in [5.41, 5.74) is 14.0. The van der Waals surface area contributed by atoms with Crippen LogP contribution < -0.4 is 4.90 Å². The van der Waals surface area contributed by atoms with Gasteiger partial charge in [0.2, 0.25) is 0 Å². The topological polar surface area (TPSA) is 8.17 Å². The fourth-order valence-corrected chi connectivity index (χ4v) is 8.26. The first-order chi connectivity index (χ1) is 26.8. The van der Waals surface area contributed by atoms with Crippen molar-refractivity contribution in [3.63, 3.8) is 0 Å². The zero-order chi connectivity index (χ0) is 35.8. The highest BCUT2D eigenvalue weighted by molar-refractivity contribution is 6.18. The molecule has 1 heterocycles. The Morgan fingerprint density at radius 1 is 0.315 bits per heavy atom. The van der Waals surface area contributed by atoms with Crippen LogP contribution in [0.3, 0.4) is 0 Å². The summed E-state index contributed by atoms with van der Waals surface area (Å²) < 4.78 is 2.51. The summed E-state index contributed by atoms with van der Waals surface area (Å²) in [4.78, 5) is 2.44. The van der Waals surface area contributed by atoms with E-state index in [1.54, 1.807) is 0 Å². The van der Waals surface area contributed by atoms with Gasteiger partial charge in [0.1, 0.15) is 0 Å². The number of anilines is 3. The van der Waals surface area contributed by atoms with Gasteiger partial charge in [-0.15, -0.1) is 0 Å². The van der Waals surface area contributed by atoms with Crippen molar-refractivity contribution < 1.29 is 0 Å².